The van der Waals surface area contributed by atoms with E-state index in [-0.39, 0.29) is 6.04 Å². The van der Waals surface area contributed by atoms with Crippen molar-refractivity contribution >= 4 is 10.9 Å². The van der Waals surface area contributed by atoms with Gasteiger partial charge in [-0.2, -0.15) is 0 Å². The van der Waals surface area contributed by atoms with Crippen molar-refractivity contribution in [3.63, 3.8) is 0 Å². The van der Waals surface area contributed by atoms with Gasteiger partial charge in [0.15, 0.2) is 0 Å². The highest BCUT2D eigenvalue weighted by Gasteiger charge is 2.11. The number of para-hydroxylation sites is 1. The third-order valence-electron chi connectivity index (χ3n) is 2.41. The van der Waals surface area contributed by atoms with E-state index in [4.69, 9.17) is 0 Å². The largest absolute Gasteiger partial charge is 0.374 e. The molecule has 2 rings (SSSR count). The maximum Gasteiger partial charge on any atom is 0.133 e. The Morgan fingerprint density at radius 2 is 2.07 bits per heavy atom. The summed E-state index contributed by atoms with van der Waals surface area (Å²) in [6.07, 6.45) is 1.27. The van der Waals surface area contributed by atoms with Crippen LogP contribution in [0, 0.1) is 0 Å². The maximum atomic E-state index is 9.98. The lowest BCUT2D eigenvalue weighted by molar-refractivity contribution is 0.130. The van der Waals surface area contributed by atoms with Crippen LogP contribution in [-0.2, 0) is 0 Å². The number of hydrogen-bond acceptors (Lipinski definition) is 2. The molecular formula is C12H16N2O. The van der Waals surface area contributed by atoms with Gasteiger partial charge in [-0.25, -0.2) is 0 Å². The molecule has 1 atom stereocenters. The highest BCUT2D eigenvalue weighted by Crippen LogP contribution is 2.21. The summed E-state index contributed by atoms with van der Waals surface area (Å²) in [5.41, 5.74) is 1.89. The smallest absolute Gasteiger partial charge is 0.133 e. The van der Waals surface area contributed by atoms with Gasteiger partial charge in [0.2, 0.25) is 0 Å². The number of benzene rings is 1. The Labute approximate surface area is 89.1 Å². The fourth-order valence-corrected chi connectivity index (χ4v) is 1.74. The zero-order chi connectivity index (χ0) is 10.8. The molecule has 0 bridgehead atoms. The Morgan fingerprint density at radius 3 is 2.80 bits per heavy atom. The van der Waals surface area contributed by atoms with E-state index in [0.717, 1.165) is 16.5 Å². The lowest BCUT2D eigenvalue weighted by atomic mass is 10.1. The molecule has 80 valence electrons. The molecule has 1 unspecified atom stereocenters. The van der Waals surface area contributed by atoms with E-state index in [9.17, 15) is 5.11 Å². The normalized spacial score (nSPS) is 13.6. The summed E-state index contributed by atoms with van der Waals surface area (Å²) in [5.74, 6) is 0. The van der Waals surface area contributed by atoms with Crippen LogP contribution in [0.25, 0.3) is 10.9 Å². The van der Waals surface area contributed by atoms with Crippen molar-refractivity contribution < 1.29 is 5.11 Å². The molecule has 0 spiro atoms. The Kier molecular flexibility index (Phi) is 2.75. The molecule has 1 aromatic heterocycles. The first-order valence-corrected chi connectivity index (χ1v) is 5.18. The highest BCUT2D eigenvalue weighted by molar-refractivity contribution is 5.82. The van der Waals surface area contributed by atoms with Gasteiger partial charge in [0, 0.05) is 17.8 Å². The second-order valence-corrected chi connectivity index (χ2v) is 4.01. The molecule has 0 aliphatic rings. The number of aromatic nitrogens is 1. The van der Waals surface area contributed by atoms with Crippen molar-refractivity contribution in [2.75, 3.05) is 0 Å². The molecule has 0 fully saturated rings. The SMILES string of the molecule is CC(C)NC(O)c1cccc2cc[nH]c12. The first-order valence-electron chi connectivity index (χ1n) is 5.18. The minimum absolute atomic E-state index is 0.255. The molecule has 1 heterocycles. The summed E-state index contributed by atoms with van der Waals surface area (Å²) < 4.78 is 0. The predicted octanol–water partition coefficient (Wildman–Crippen LogP) is 2.16. The molecule has 1 aromatic carbocycles. The number of aliphatic hydroxyl groups excluding tert-OH is 1. The first kappa shape index (κ1) is 10.2. The molecule has 0 amide bonds. The van der Waals surface area contributed by atoms with Gasteiger partial charge in [-0.1, -0.05) is 18.2 Å². The summed E-state index contributed by atoms with van der Waals surface area (Å²) >= 11 is 0. The third kappa shape index (κ3) is 2.03. The topological polar surface area (TPSA) is 48.0 Å². The summed E-state index contributed by atoms with van der Waals surface area (Å²) in [6.45, 7) is 4.02. The van der Waals surface area contributed by atoms with Crippen LogP contribution >= 0.6 is 0 Å². The number of H-pyrrole nitrogens is 1. The van der Waals surface area contributed by atoms with Gasteiger partial charge in [-0.15, -0.1) is 0 Å². The molecule has 3 N–H and O–H groups in total. The van der Waals surface area contributed by atoms with Crippen molar-refractivity contribution in [3.05, 3.63) is 36.0 Å². The van der Waals surface area contributed by atoms with Crippen LogP contribution in [0.3, 0.4) is 0 Å². The fourth-order valence-electron chi connectivity index (χ4n) is 1.74. The van der Waals surface area contributed by atoms with Crippen molar-refractivity contribution in [3.8, 4) is 0 Å². The monoisotopic (exact) mass is 204 g/mol. The quantitative estimate of drug-likeness (QED) is 0.671. The van der Waals surface area contributed by atoms with Gasteiger partial charge in [-0.05, 0) is 25.3 Å². The summed E-state index contributed by atoms with van der Waals surface area (Å²) in [4.78, 5) is 3.14. The summed E-state index contributed by atoms with van der Waals surface area (Å²) in [7, 11) is 0. The Balaban J connectivity index is 2.38. The third-order valence-corrected chi connectivity index (χ3v) is 2.41. The number of nitrogens with one attached hydrogen (secondary N) is 2. The van der Waals surface area contributed by atoms with Gasteiger partial charge in [0.05, 0.1) is 5.52 Å². The molecule has 0 aliphatic carbocycles. The molecule has 3 nitrogen and oxygen atoms in total. The van der Waals surface area contributed by atoms with E-state index in [0.29, 0.717) is 0 Å². The van der Waals surface area contributed by atoms with Crippen LogP contribution in [0.5, 0.6) is 0 Å². The van der Waals surface area contributed by atoms with Gasteiger partial charge < -0.3 is 10.1 Å². The van der Waals surface area contributed by atoms with E-state index >= 15 is 0 Å². The van der Waals surface area contributed by atoms with Crippen molar-refractivity contribution in [1.29, 1.82) is 0 Å². The van der Waals surface area contributed by atoms with Crippen LogP contribution < -0.4 is 5.32 Å². The van der Waals surface area contributed by atoms with Gasteiger partial charge >= 0.3 is 0 Å². The van der Waals surface area contributed by atoms with Crippen LogP contribution in [0.4, 0.5) is 0 Å². The van der Waals surface area contributed by atoms with Gasteiger partial charge in [0.25, 0.3) is 0 Å². The van der Waals surface area contributed by atoms with Gasteiger partial charge in [-0.3, -0.25) is 5.32 Å². The Morgan fingerprint density at radius 1 is 1.27 bits per heavy atom. The maximum absolute atomic E-state index is 9.98. The van der Waals surface area contributed by atoms with Crippen molar-refractivity contribution in [2.45, 2.75) is 26.1 Å². The Hall–Kier alpha value is -1.32. The Bertz CT molecular complexity index is 448. The van der Waals surface area contributed by atoms with E-state index < -0.39 is 6.23 Å². The second kappa shape index (κ2) is 4.04. The molecule has 0 saturated heterocycles. The molecule has 3 heteroatoms. The van der Waals surface area contributed by atoms with Crippen LogP contribution in [0.1, 0.15) is 25.6 Å². The average Bonchev–Trinajstić information content (AvgIpc) is 2.63. The predicted molar refractivity (Wildman–Crippen MR) is 61.5 cm³/mol. The number of fused-ring (bicyclic) bond motifs is 1. The second-order valence-electron chi connectivity index (χ2n) is 4.01. The van der Waals surface area contributed by atoms with Crippen LogP contribution in [0.15, 0.2) is 30.5 Å². The minimum Gasteiger partial charge on any atom is -0.374 e. The van der Waals surface area contributed by atoms with E-state index in [2.05, 4.69) is 10.3 Å². The number of aromatic amines is 1. The molecule has 15 heavy (non-hydrogen) atoms. The van der Waals surface area contributed by atoms with Crippen LogP contribution in [-0.4, -0.2) is 16.1 Å². The zero-order valence-corrected chi connectivity index (χ0v) is 8.99. The van der Waals surface area contributed by atoms with Crippen LogP contribution in [0.2, 0.25) is 0 Å². The lowest BCUT2D eigenvalue weighted by Gasteiger charge is -2.16. The zero-order valence-electron chi connectivity index (χ0n) is 8.99. The molecule has 2 aromatic rings. The molecular weight excluding hydrogens is 188 g/mol. The van der Waals surface area contributed by atoms with E-state index in [1.54, 1.807) is 0 Å². The van der Waals surface area contributed by atoms with Crippen molar-refractivity contribution in [2.24, 2.45) is 0 Å². The summed E-state index contributed by atoms with van der Waals surface area (Å²) in [5, 5.41) is 14.2. The van der Waals surface area contributed by atoms with E-state index in [1.165, 1.54) is 0 Å². The van der Waals surface area contributed by atoms with Crippen molar-refractivity contribution in [1.82, 2.24) is 10.3 Å². The molecule has 0 aliphatic heterocycles. The average molecular weight is 204 g/mol. The standard InChI is InChI=1S/C12H16N2O/c1-8(2)14-12(15)10-5-3-4-9-6-7-13-11(9)10/h3-8,12-15H,1-2H3. The van der Waals surface area contributed by atoms with Gasteiger partial charge in [0.1, 0.15) is 6.23 Å². The highest BCUT2D eigenvalue weighted by atomic mass is 16.3. The number of aliphatic hydroxyl groups is 1. The van der Waals surface area contributed by atoms with E-state index in [1.807, 2.05) is 44.3 Å². The number of hydrogen-bond donors (Lipinski definition) is 3. The summed E-state index contributed by atoms with van der Waals surface area (Å²) in [6, 6.07) is 8.17. The number of rotatable bonds is 3. The molecule has 0 radical (unpaired) electrons. The lowest BCUT2D eigenvalue weighted by Crippen LogP contribution is -2.27. The minimum atomic E-state index is -0.618. The molecule has 0 saturated carbocycles. The fraction of sp³-hybridized carbons (Fsp3) is 0.333. The first-order chi connectivity index (χ1) is 7.18.